The van der Waals surface area contributed by atoms with Crippen LogP contribution in [0, 0.1) is 0 Å². The Bertz CT molecular complexity index is 544. The predicted molar refractivity (Wildman–Crippen MR) is 78.6 cm³/mol. The predicted octanol–water partition coefficient (Wildman–Crippen LogP) is 2.35. The minimum absolute atomic E-state index is 0.0578. The Balaban J connectivity index is 2.71. The highest BCUT2D eigenvalue weighted by Crippen LogP contribution is 2.15. The third kappa shape index (κ3) is 5.90. The van der Waals surface area contributed by atoms with E-state index in [9.17, 15) is 8.42 Å². The molecule has 0 saturated carbocycles. The van der Waals surface area contributed by atoms with Crippen LogP contribution in [0.15, 0.2) is 32.7 Å². The van der Waals surface area contributed by atoms with Crippen molar-refractivity contribution in [3.05, 3.63) is 29.0 Å². The molecule has 5 nitrogen and oxygen atoms in total. The Morgan fingerprint density at radius 3 is 2.58 bits per heavy atom. The van der Waals surface area contributed by atoms with Crippen LogP contribution in [-0.2, 0) is 16.6 Å². The van der Waals surface area contributed by atoms with E-state index in [0.717, 1.165) is 0 Å². The van der Waals surface area contributed by atoms with Crippen LogP contribution in [0.4, 0.5) is 0 Å². The van der Waals surface area contributed by atoms with Gasteiger partial charge in [0.2, 0.25) is 5.09 Å². The van der Waals surface area contributed by atoms with Crippen LogP contribution in [0.5, 0.6) is 0 Å². The van der Waals surface area contributed by atoms with Crippen molar-refractivity contribution < 1.29 is 12.8 Å². The number of furan rings is 1. The normalized spacial score (nSPS) is 12.6. The smallest absolute Gasteiger partial charge is 0.274 e. The highest BCUT2D eigenvalue weighted by molar-refractivity contribution is 9.11. The summed E-state index contributed by atoms with van der Waals surface area (Å²) in [7, 11) is -3.62. The Hall–Kier alpha value is -0.630. The van der Waals surface area contributed by atoms with E-state index >= 15 is 0 Å². The van der Waals surface area contributed by atoms with Crippen molar-refractivity contribution in [2.24, 2.45) is 0 Å². The molecule has 19 heavy (non-hydrogen) atoms. The first-order valence-electron chi connectivity index (χ1n) is 5.77. The summed E-state index contributed by atoms with van der Waals surface area (Å²) in [5.74, 6) is 0.577. The maximum absolute atomic E-state index is 11.9. The summed E-state index contributed by atoms with van der Waals surface area (Å²) in [5.41, 5.74) is -0.0578. The Labute approximate surface area is 122 Å². The zero-order valence-corrected chi connectivity index (χ0v) is 13.7. The molecule has 0 saturated heterocycles. The van der Waals surface area contributed by atoms with Gasteiger partial charge in [0.25, 0.3) is 10.0 Å². The molecule has 108 valence electrons. The van der Waals surface area contributed by atoms with Gasteiger partial charge < -0.3 is 9.73 Å². The molecule has 0 aliphatic heterocycles. The molecule has 0 unspecified atom stereocenters. The fraction of sp³-hybridized carbons (Fsp3) is 0.500. The molecule has 0 bridgehead atoms. The summed E-state index contributed by atoms with van der Waals surface area (Å²) in [5, 5.41) is 3.13. The number of sulfonamides is 1. The van der Waals surface area contributed by atoms with Gasteiger partial charge in [-0.1, -0.05) is 22.5 Å². The van der Waals surface area contributed by atoms with Crippen LogP contribution in [0.2, 0.25) is 0 Å². The largest absolute Gasteiger partial charge is 0.447 e. The van der Waals surface area contributed by atoms with Gasteiger partial charge in [0, 0.05) is 16.6 Å². The lowest BCUT2D eigenvalue weighted by Crippen LogP contribution is -2.34. The molecule has 0 amide bonds. The van der Waals surface area contributed by atoms with E-state index in [-0.39, 0.29) is 17.2 Å². The fourth-order valence-corrected chi connectivity index (χ4v) is 2.49. The maximum atomic E-state index is 11.9. The van der Waals surface area contributed by atoms with Gasteiger partial charge in [-0.05, 0) is 32.9 Å². The van der Waals surface area contributed by atoms with Gasteiger partial charge in [-0.3, -0.25) is 0 Å². The van der Waals surface area contributed by atoms with Crippen molar-refractivity contribution in [3.8, 4) is 0 Å². The molecule has 1 aromatic rings. The highest BCUT2D eigenvalue weighted by Gasteiger charge is 2.19. The molecular formula is C12H19BrN2O3S. The topological polar surface area (TPSA) is 71.3 Å². The van der Waals surface area contributed by atoms with Gasteiger partial charge in [0.1, 0.15) is 5.76 Å². The lowest BCUT2D eigenvalue weighted by atomic mass is 10.1. The molecule has 0 spiro atoms. The number of halogens is 1. The second-order valence-corrected chi connectivity index (χ2v) is 7.99. The molecule has 1 rings (SSSR count). The van der Waals surface area contributed by atoms with E-state index in [2.05, 4.69) is 32.5 Å². The summed E-state index contributed by atoms with van der Waals surface area (Å²) >= 11 is 3.09. The van der Waals surface area contributed by atoms with Crippen molar-refractivity contribution >= 4 is 26.0 Å². The zero-order chi connectivity index (χ0) is 14.7. The lowest BCUT2D eigenvalue weighted by Gasteiger charge is -2.19. The third-order valence-corrected chi connectivity index (χ3v) is 3.70. The molecule has 1 heterocycles. The Morgan fingerprint density at radius 1 is 1.42 bits per heavy atom. The molecule has 7 heteroatoms. The summed E-state index contributed by atoms with van der Waals surface area (Å²) in [6.45, 7) is 10.2. The first-order valence-corrected chi connectivity index (χ1v) is 8.04. The number of rotatable bonds is 6. The maximum Gasteiger partial charge on any atom is 0.274 e. The van der Waals surface area contributed by atoms with Gasteiger partial charge >= 0.3 is 0 Å². The van der Waals surface area contributed by atoms with Crippen molar-refractivity contribution in [2.45, 2.75) is 37.9 Å². The van der Waals surface area contributed by atoms with Gasteiger partial charge in [-0.2, -0.15) is 0 Å². The monoisotopic (exact) mass is 350 g/mol. The SMILES string of the molecule is C=C(Br)CNS(=O)(=O)c1ccc(CNC(C)(C)C)o1. The van der Waals surface area contributed by atoms with Crippen LogP contribution in [-0.4, -0.2) is 20.5 Å². The highest BCUT2D eigenvalue weighted by atomic mass is 79.9. The Morgan fingerprint density at radius 2 is 2.05 bits per heavy atom. The summed E-state index contributed by atoms with van der Waals surface area (Å²) < 4.78 is 32.0. The third-order valence-electron chi connectivity index (χ3n) is 2.15. The standard InChI is InChI=1S/C12H19BrN2O3S/c1-9(13)7-15-19(16,17)11-6-5-10(18-11)8-14-12(2,3)4/h5-6,14-15H,1,7-8H2,2-4H3. The van der Waals surface area contributed by atoms with Crippen molar-refractivity contribution in [1.29, 1.82) is 0 Å². The van der Waals surface area contributed by atoms with E-state index in [1.807, 2.05) is 20.8 Å². The van der Waals surface area contributed by atoms with Crippen LogP contribution in [0.25, 0.3) is 0 Å². The van der Waals surface area contributed by atoms with Gasteiger partial charge in [-0.25, -0.2) is 13.1 Å². The molecule has 0 aliphatic rings. The van der Waals surface area contributed by atoms with Crippen LogP contribution in [0.3, 0.4) is 0 Å². The molecule has 1 aromatic heterocycles. The lowest BCUT2D eigenvalue weighted by molar-refractivity contribution is 0.359. The first kappa shape index (κ1) is 16.4. The quantitative estimate of drug-likeness (QED) is 0.825. The summed E-state index contributed by atoms with van der Waals surface area (Å²) in [6, 6.07) is 3.09. The van der Waals surface area contributed by atoms with E-state index < -0.39 is 10.0 Å². The van der Waals surface area contributed by atoms with E-state index in [0.29, 0.717) is 16.8 Å². The number of nitrogens with one attached hydrogen (secondary N) is 2. The van der Waals surface area contributed by atoms with E-state index in [4.69, 9.17) is 4.42 Å². The van der Waals surface area contributed by atoms with Crippen LogP contribution in [0.1, 0.15) is 26.5 Å². The molecule has 0 aromatic carbocycles. The van der Waals surface area contributed by atoms with Crippen LogP contribution < -0.4 is 10.0 Å². The van der Waals surface area contributed by atoms with Gasteiger partial charge in [-0.15, -0.1) is 0 Å². The number of hydrogen-bond acceptors (Lipinski definition) is 4. The van der Waals surface area contributed by atoms with E-state index in [1.54, 1.807) is 6.07 Å². The second kappa shape index (κ2) is 6.21. The molecular weight excluding hydrogens is 332 g/mol. The molecule has 0 fully saturated rings. The average molecular weight is 351 g/mol. The molecule has 0 atom stereocenters. The summed E-state index contributed by atoms with van der Waals surface area (Å²) in [4.78, 5) is 0. The van der Waals surface area contributed by atoms with Crippen molar-refractivity contribution in [1.82, 2.24) is 10.0 Å². The average Bonchev–Trinajstić information content (AvgIpc) is 2.72. The molecule has 0 aliphatic carbocycles. The minimum Gasteiger partial charge on any atom is -0.447 e. The van der Waals surface area contributed by atoms with Crippen molar-refractivity contribution in [3.63, 3.8) is 0 Å². The fourth-order valence-electron chi connectivity index (χ4n) is 1.19. The second-order valence-electron chi connectivity index (χ2n) is 5.17. The van der Waals surface area contributed by atoms with Crippen molar-refractivity contribution in [2.75, 3.05) is 6.54 Å². The van der Waals surface area contributed by atoms with Gasteiger partial charge in [0.15, 0.2) is 0 Å². The van der Waals surface area contributed by atoms with Crippen LogP contribution >= 0.6 is 15.9 Å². The first-order chi connectivity index (χ1) is 8.60. The summed E-state index contributed by atoms with van der Waals surface area (Å²) in [6.07, 6.45) is 0. The minimum atomic E-state index is -3.62. The zero-order valence-electron chi connectivity index (χ0n) is 11.3. The number of hydrogen-bond donors (Lipinski definition) is 2. The van der Waals surface area contributed by atoms with E-state index in [1.165, 1.54) is 6.07 Å². The molecule has 2 N–H and O–H groups in total. The Kier molecular flexibility index (Phi) is 5.37. The van der Waals surface area contributed by atoms with Gasteiger partial charge in [0.05, 0.1) is 6.54 Å². The molecule has 0 radical (unpaired) electrons.